The maximum atomic E-state index is 2.38. The van der Waals surface area contributed by atoms with Crippen molar-refractivity contribution < 1.29 is 0 Å². The lowest BCUT2D eigenvalue weighted by atomic mass is 9.84. The summed E-state index contributed by atoms with van der Waals surface area (Å²) >= 11 is 0. The molecule has 0 saturated carbocycles. The molecule has 0 spiro atoms. The number of fused-ring (bicyclic) bond motifs is 3. The lowest BCUT2D eigenvalue weighted by Crippen LogP contribution is -1.91. The smallest absolute Gasteiger partial charge is 0.00259 e. The molecule has 168 valence electrons. The zero-order valence-electron chi connectivity index (χ0n) is 19.9. The molecule has 0 N–H and O–H groups in total. The van der Waals surface area contributed by atoms with E-state index in [1.54, 1.807) is 0 Å². The topological polar surface area (TPSA) is 0 Å². The van der Waals surface area contributed by atoms with Crippen molar-refractivity contribution in [2.75, 3.05) is 0 Å². The molecule has 0 heteroatoms. The molecule has 0 aliphatic rings. The molecule has 0 aliphatic carbocycles. The molecule has 0 nitrogen and oxygen atoms in total. The summed E-state index contributed by atoms with van der Waals surface area (Å²) in [4.78, 5) is 0. The first-order valence-corrected chi connectivity index (χ1v) is 12.5. The number of hydrogen-bond donors (Lipinski definition) is 0. The van der Waals surface area contributed by atoms with Gasteiger partial charge in [-0.25, -0.2) is 0 Å². The van der Waals surface area contributed by atoms with Gasteiger partial charge < -0.3 is 0 Å². The minimum absolute atomic E-state index is 1.23. The highest BCUT2D eigenvalue weighted by molar-refractivity contribution is 6.23. The van der Waals surface area contributed by atoms with Crippen LogP contribution in [0.2, 0.25) is 0 Å². The van der Waals surface area contributed by atoms with E-state index in [0.717, 1.165) is 0 Å². The van der Waals surface area contributed by atoms with Crippen LogP contribution in [0, 0.1) is 0 Å². The van der Waals surface area contributed by atoms with Gasteiger partial charge in [-0.05, 0) is 83.9 Å². The zero-order valence-corrected chi connectivity index (χ0v) is 19.9. The molecular formula is C36H24. The van der Waals surface area contributed by atoms with E-state index in [4.69, 9.17) is 0 Å². The van der Waals surface area contributed by atoms with Crippen LogP contribution < -0.4 is 0 Å². The molecule has 0 fully saturated rings. The van der Waals surface area contributed by atoms with Gasteiger partial charge in [0, 0.05) is 0 Å². The molecule has 7 aromatic rings. The molecule has 36 heavy (non-hydrogen) atoms. The van der Waals surface area contributed by atoms with Crippen LogP contribution in [0.5, 0.6) is 0 Å². The first-order valence-electron chi connectivity index (χ1n) is 12.5. The van der Waals surface area contributed by atoms with Gasteiger partial charge in [-0.2, -0.15) is 0 Å². The summed E-state index contributed by atoms with van der Waals surface area (Å²) in [6, 6.07) is 52.8. The summed E-state index contributed by atoms with van der Waals surface area (Å²) in [6.45, 7) is 0. The number of benzene rings is 7. The van der Waals surface area contributed by atoms with Crippen molar-refractivity contribution in [1.29, 1.82) is 0 Å². The van der Waals surface area contributed by atoms with Gasteiger partial charge in [-0.15, -0.1) is 0 Å². The Morgan fingerprint density at radius 2 is 0.694 bits per heavy atom. The van der Waals surface area contributed by atoms with Gasteiger partial charge >= 0.3 is 0 Å². The Labute approximate surface area is 211 Å². The summed E-state index contributed by atoms with van der Waals surface area (Å²) in [5, 5.41) is 7.67. The molecule has 7 rings (SSSR count). The quantitative estimate of drug-likeness (QED) is 0.232. The van der Waals surface area contributed by atoms with Gasteiger partial charge in [-0.3, -0.25) is 0 Å². The van der Waals surface area contributed by atoms with Crippen LogP contribution >= 0.6 is 0 Å². The standard InChI is InChI=1S/C36H24/c1-3-12-25(13-4-1)27-18-11-19-30(22-27)36-32-21-10-9-20-31(32)35(26-14-5-2-6-15-26)33-23-28-16-7-8-17-29(28)24-34(33)36/h1-24H. The lowest BCUT2D eigenvalue weighted by molar-refractivity contribution is 1.61. The van der Waals surface area contributed by atoms with E-state index in [-0.39, 0.29) is 0 Å². The summed E-state index contributed by atoms with van der Waals surface area (Å²) in [6.07, 6.45) is 0. The van der Waals surface area contributed by atoms with Gasteiger partial charge in [0.25, 0.3) is 0 Å². The lowest BCUT2D eigenvalue weighted by Gasteiger charge is -2.19. The fraction of sp³-hybridized carbons (Fsp3) is 0. The van der Waals surface area contributed by atoms with Crippen molar-refractivity contribution in [2.24, 2.45) is 0 Å². The van der Waals surface area contributed by atoms with Crippen LogP contribution in [-0.2, 0) is 0 Å². The molecule has 0 amide bonds. The number of rotatable bonds is 3. The SMILES string of the molecule is c1ccc(-c2cccc(-c3c4ccccc4c(-c4ccccc4)c4cc5ccccc5cc34)c2)cc1. The molecule has 0 radical (unpaired) electrons. The predicted octanol–water partition coefficient (Wildman–Crippen LogP) is 10.1. The second-order valence-electron chi connectivity index (χ2n) is 9.35. The average molecular weight is 457 g/mol. The number of hydrogen-bond acceptors (Lipinski definition) is 0. The minimum Gasteiger partial charge on any atom is -0.0622 e. The van der Waals surface area contributed by atoms with E-state index >= 15 is 0 Å². The van der Waals surface area contributed by atoms with Crippen LogP contribution in [0.3, 0.4) is 0 Å². The van der Waals surface area contributed by atoms with Crippen molar-refractivity contribution in [2.45, 2.75) is 0 Å². The van der Waals surface area contributed by atoms with E-state index < -0.39 is 0 Å². The van der Waals surface area contributed by atoms with Crippen LogP contribution in [0.4, 0.5) is 0 Å². The molecular weight excluding hydrogens is 432 g/mol. The first kappa shape index (κ1) is 20.7. The van der Waals surface area contributed by atoms with Gasteiger partial charge in [0.2, 0.25) is 0 Å². The van der Waals surface area contributed by atoms with Crippen LogP contribution in [0.1, 0.15) is 0 Å². The van der Waals surface area contributed by atoms with Crippen LogP contribution in [0.15, 0.2) is 146 Å². The predicted molar refractivity (Wildman–Crippen MR) is 155 cm³/mol. The highest BCUT2D eigenvalue weighted by atomic mass is 14.2. The van der Waals surface area contributed by atoms with E-state index in [0.29, 0.717) is 0 Å². The van der Waals surface area contributed by atoms with Gasteiger partial charge in [0.15, 0.2) is 0 Å². The molecule has 0 bridgehead atoms. The molecule has 0 atom stereocenters. The van der Waals surface area contributed by atoms with Crippen LogP contribution in [-0.4, -0.2) is 0 Å². The fourth-order valence-corrected chi connectivity index (χ4v) is 5.57. The molecule has 0 aromatic heterocycles. The van der Waals surface area contributed by atoms with E-state index in [1.807, 2.05) is 0 Å². The summed E-state index contributed by atoms with van der Waals surface area (Å²) in [5.74, 6) is 0. The zero-order chi connectivity index (χ0) is 23.9. The third kappa shape index (κ3) is 3.39. The molecule has 0 saturated heterocycles. The van der Waals surface area contributed by atoms with Crippen molar-refractivity contribution >= 4 is 32.3 Å². The Morgan fingerprint density at radius 3 is 1.31 bits per heavy atom. The largest absolute Gasteiger partial charge is 0.0622 e. The van der Waals surface area contributed by atoms with E-state index in [1.165, 1.54) is 65.7 Å². The highest BCUT2D eigenvalue weighted by Crippen LogP contribution is 2.45. The maximum Gasteiger partial charge on any atom is -0.00259 e. The van der Waals surface area contributed by atoms with Gasteiger partial charge in [0.1, 0.15) is 0 Å². The Hall–Kier alpha value is -4.68. The third-order valence-corrected chi connectivity index (χ3v) is 7.21. The summed E-state index contributed by atoms with van der Waals surface area (Å²) in [7, 11) is 0. The Balaban J connectivity index is 1.64. The van der Waals surface area contributed by atoms with Gasteiger partial charge in [-0.1, -0.05) is 127 Å². The summed E-state index contributed by atoms with van der Waals surface area (Å²) in [5.41, 5.74) is 7.56. The van der Waals surface area contributed by atoms with Crippen molar-refractivity contribution in [3.05, 3.63) is 146 Å². The average Bonchev–Trinajstić information content (AvgIpc) is 2.96. The highest BCUT2D eigenvalue weighted by Gasteiger charge is 2.17. The van der Waals surface area contributed by atoms with E-state index in [9.17, 15) is 0 Å². The Morgan fingerprint density at radius 1 is 0.250 bits per heavy atom. The molecule has 7 aromatic carbocycles. The second-order valence-corrected chi connectivity index (χ2v) is 9.35. The van der Waals surface area contributed by atoms with Crippen molar-refractivity contribution in [3.8, 4) is 33.4 Å². The first-order chi connectivity index (χ1) is 17.9. The molecule has 0 heterocycles. The van der Waals surface area contributed by atoms with Crippen LogP contribution in [0.25, 0.3) is 65.7 Å². The Kier molecular flexibility index (Phi) is 4.89. The van der Waals surface area contributed by atoms with Crippen molar-refractivity contribution in [1.82, 2.24) is 0 Å². The molecule has 0 aliphatic heterocycles. The normalized spacial score (nSPS) is 11.3. The third-order valence-electron chi connectivity index (χ3n) is 7.21. The van der Waals surface area contributed by atoms with Crippen molar-refractivity contribution in [3.63, 3.8) is 0 Å². The second kappa shape index (κ2) is 8.52. The monoisotopic (exact) mass is 456 g/mol. The molecule has 0 unspecified atom stereocenters. The van der Waals surface area contributed by atoms with Gasteiger partial charge in [0.05, 0.1) is 0 Å². The summed E-state index contributed by atoms with van der Waals surface area (Å²) < 4.78 is 0. The fourth-order valence-electron chi connectivity index (χ4n) is 5.57. The minimum atomic E-state index is 1.23. The Bertz CT molecular complexity index is 1860. The van der Waals surface area contributed by atoms with E-state index in [2.05, 4.69) is 146 Å². The maximum absolute atomic E-state index is 2.38.